The maximum absolute atomic E-state index is 12.3. The van der Waals surface area contributed by atoms with Crippen molar-refractivity contribution in [1.82, 2.24) is 4.90 Å². The highest BCUT2D eigenvalue weighted by molar-refractivity contribution is 6.30. The Morgan fingerprint density at radius 1 is 1.42 bits per heavy atom. The molecule has 0 aliphatic heterocycles. The lowest BCUT2D eigenvalue weighted by atomic mass is 9.93. The molecule has 19 heavy (non-hydrogen) atoms. The first kappa shape index (κ1) is 14.4. The number of hydrogen-bond acceptors (Lipinski definition) is 3. The van der Waals surface area contributed by atoms with E-state index in [2.05, 4.69) is 4.90 Å². The average Bonchev–Trinajstić information content (AvgIpc) is 3.04. The summed E-state index contributed by atoms with van der Waals surface area (Å²) >= 11 is 5.92. The van der Waals surface area contributed by atoms with Gasteiger partial charge < -0.3 is 9.64 Å². The van der Waals surface area contributed by atoms with Crippen molar-refractivity contribution in [2.45, 2.75) is 18.8 Å². The van der Waals surface area contributed by atoms with E-state index in [9.17, 15) is 4.79 Å². The first-order valence-electron chi connectivity index (χ1n) is 6.58. The highest BCUT2D eigenvalue weighted by Gasteiger charge is 2.62. The Bertz CT molecular complexity index is 458. The number of carbonyl (C=O) groups excluding carboxylic acids is 1. The van der Waals surface area contributed by atoms with Gasteiger partial charge >= 0.3 is 5.97 Å². The quantitative estimate of drug-likeness (QED) is 0.777. The molecular weight excluding hydrogens is 262 g/mol. The summed E-state index contributed by atoms with van der Waals surface area (Å²) < 4.78 is 5.28. The smallest absolute Gasteiger partial charge is 0.316 e. The van der Waals surface area contributed by atoms with Crippen LogP contribution in [-0.4, -0.2) is 38.1 Å². The second-order valence-corrected chi connectivity index (χ2v) is 5.80. The van der Waals surface area contributed by atoms with Gasteiger partial charge in [0.1, 0.15) is 0 Å². The van der Waals surface area contributed by atoms with Gasteiger partial charge in [0.2, 0.25) is 0 Å². The second-order valence-electron chi connectivity index (χ2n) is 5.36. The molecule has 0 spiro atoms. The normalized spacial score (nSPS) is 25.4. The summed E-state index contributed by atoms with van der Waals surface area (Å²) in [5, 5.41) is 0.688. The minimum Gasteiger partial charge on any atom is -0.465 e. The van der Waals surface area contributed by atoms with Gasteiger partial charge in [-0.25, -0.2) is 0 Å². The van der Waals surface area contributed by atoms with E-state index in [-0.39, 0.29) is 5.97 Å². The predicted molar refractivity (Wildman–Crippen MR) is 76.4 cm³/mol. The number of hydrogen-bond donors (Lipinski definition) is 0. The van der Waals surface area contributed by atoms with Crippen LogP contribution in [0.5, 0.6) is 0 Å². The maximum atomic E-state index is 12.3. The van der Waals surface area contributed by atoms with Gasteiger partial charge in [0.25, 0.3) is 0 Å². The molecule has 1 aromatic rings. The fourth-order valence-corrected chi connectivity index (χ4v) is 2.85. The van der Waals surface area contributed by atoms with Gasteiger partial charge in [-0.1, -0.05) is 23.7 Å². The minimum atomic E-state index is -0.467. The third-order valence-electron chi connectivity index (χ3n) is 3.69. The summed E-state index contributed by atoms with van der Waals surface area (Å²) in [5.74, 6) is 0.215. The molecule has 1 aliphatic rings. The van der Waals surface area contributed by atoms with E-state index >= 15 is 0 Å². The Hall–Kier alpha value is -1.06. The van der Waals surface area contributed by atoms with Crippen molar-refractivity contribution in [3.05, 3.63) is 34.9 Å². The SMILES string of the molecule is CCOC(=O)C1(c2ccc(Cl)cc2)CC1CN(C)C. The van der Waals surface area contributed by atoms with Crippen LogP contribution in [0.3, 0.4) is 0 Å². The van der Waals surface area contributed by atoms with Crippen LogP contribution in [0.2, 0.25) is 5.02 Å². The molecule has 2 atom stereocenters. The molecule has 2 rings (SSSR count). The van der Waals surface area contributed by atoms with E-state index in [0.717, 1.165) is 18.5 Å². The fourth-order valence-electron chi connectivity index (χ4n) is 2.72. The fraction of sp³-hybridized carbons (Fsp3) is 0.533. The first-order chi connectivity index (χ1) is 9.00. The lowest BCUT2D eigenvalue weighted by Crippen LogP contribution is -2.29. The van der Waals surface area contributed by atoms with Crippen LogP contribution in [0.15, 0.2) is 24.3 Å². The standard InChI is InChI=1S/C15H20ClNO2/c1-4-19-14(18)15(9-12(15)10-17(2)3)11-5-7-13(16)8-6-11/h5-8,12H,4,9-10H2,1-3H3. The molecule has 2 unspecified atom stereocenters. The Kier molecular flexibility index (Phi) is 4.16. The molecule has 104 valence electrons. The number of ether oxygens (including phenoxy) is 1. The largest absolute Gasteiger partial charge is 0.465 e. The van der Waals surface area contributed by atoms with E-state index < -0.39 is 5.41 Å². The zero-order valence-electron chi connectivity index (χ0n) is 11.6. The Morgan fingerprint density at radius 3 is 2.58 bits per heavy atom. The average molecular weight is 282 g/mol. The van der Waals surface area contributed by atoms with Gasteiger partial charge in [0, 0.05) is 11.6 Å². The minimum absolute atomic E-state index is 0.107. The topological polar surface area (TPSA) is 29.5 Å². The van der Waals surface area contributed by atoms with Crippen LogP contribution in [0.4, 0.5) is 0 Å². The number of esters is 1. The molecule has 0 heterocycles. The highest BCUT2D eigenvalue weighted by Crippen LogP contribution is 2.55. The van der Waals surface area contributed by atoms with Gasteiger partial charge in [-0.05, 0) is 51.1 Å². The zero-order chi connectivity index (χ0) is 14.0. The van der Waals surface area contributed by atoms with Crippen molar-refractivity contribution in [2.24, 2.45) is 5.92 Å². The molecule has 1 aliphatic carbocycles. The van der Waals surface area contributed by atoms with E-state index in [4.69, 9.17) is 16.3 Å². The summed E-state index contributed by atoms with van der Waals surface area (Å²) in [6, 6.07) is 7.55. The lowest BCUT2D eigenvalue weighted by molar-refractivity contribution is -0.146. The van der Waals surface area contributed by atoms with E-state index in [1.54, 1.807) is 0 Å². The van der Waals surface area contributed by atoms with Crippen LogP contribution < -0.4 is 0 Å². The van der Waals surface area contributed by atoms with Gasteiger partial charge in [-0.2, -0.15) is 0 Å². The summed E-state index contributed by atoms with van der Waals surface area (Å²) in [7, 11) is 4.05. The van der Waals surface area contributed by atoms with Crippen LogP contribution in [0, 0.1) is 5.92 Å². The van der Waals surface area contributed by atoms with Crippen molar-refractivity contribution < 1.29 is 9.53 Å². The molecule has 0 saturated heterocycles. The Balaban J connectivity index is 2.26. The summed E-state index contributed by atoms with van der Waals surface area (Å²) in [6.07, 6.45) is 0.853. The molecule has 0 radical (unpaired) electrons. The van der Waals surface area contributed by atoms with Gasteiger partial charge in [-0.3, -0.25) is 4.79 Å². The number of carbonyl (C=O) groups is 1. The molecule has 0 bridgehead atoms. The van der Waals surface area contributed by atoms with Crippen LogP contribution >= 0.6 is 11.6 Å². The third kappa shape index (κ3) is 2.77. The monoisotopic (exact) mass is 281 g/mol. The molecule has 0 aromatic heterocycles. The predicted octanol–water partition coefficient (Wildman–Crippen LogP) is 2.72. The van der Waals surface area contributed by atoms with E-state index in [1.165, 1.54) is 0 Å². The second kappa shape index (κ2) is 5.51. The molecule has 1 saturated carbocycles. The molecule has 0 amide bonds. The highest BCUT2D eigenvalue weighted by atomic mass is 35.5. The van der Waals surface area contributed by atoms with Crippen molar-refractivity contribution in [3.8, 4) is 0 Å². The molecule has 3 nitrogen and oxygen atoms in total. The zero-order valence-corrected chi connectivity index (χ0v) is 12.4. The van der Waals surface area contributed by atoms with E-state index in [1.807, 2.05) is 45.3 Å². The van der Waals surface area contributed by atoms with E-state index in [0.29, 0.717) is 17.5 Å². The number of benzene rings is 1. The lowest BCUT2D eigenvalue weighted by Gasteiger charge is -2.18. The number of nitrogens with zero attached hydrogens (tertiary/aromatic N) is 1. The molecule has 1 aromatic carbocycles. The molecular formula is C15H20ClNO2. The van der Waals surface area contributed by atoms with Gasteiger partial charge in [0.05, 0.1) is 12.0 Å². The summed E-state index contributed by atoms with van der Waals surface area (Å²) in [4.78, 5) is 14.4. The number of rotatable bonds is 5. The first-order valence-corrected chi connectivity index (χ1v) is 6.96. The van der Waals surface area contributed by atoms with Crippen molar-refractivity contribution in [3.63, 3.8) is 0 Å². The van der Waals surface area contributed by atoms with Crippen LogP contribution in [0.1, 0.15) is 18.9 Å². The number of halogens is 1. The Morgan fingerprint density at radius 2 is 2.05 bits per heavy atom. The van der Waals surface area contributed by atoms with Gasteiger partial charge in [-0.15, -0.1) is 0 Å². The maximum Gasteiger partial charge on any atom is 0.316 e. The molecule has 1 fully saturated rings. The van der Waals surface area contributed by atoms with Crippen LogP contribution in [0.25, 0.3) is 0 Å². The van der Waals surface area contributed by atoms with Gasteiger partial charge in [0.15, 0.2) is 0 Å². The summed E-state index contributed by atoms with van der Waals surface area (Å²) in [6.45, 7) is 3.15. The summed E-state index contributed by atoms with van der Waals surface area (Å²) in [5.41, 5.74) is 0.549. The Labute approximate surface area is 119 Å². The third-order valence-corrected chi connectivity index (χ3v) is 3.94. The van der Waals surface area contributed by atoms with Crippen molar-refractivity contribution >= 4 is 17.6 Å². The molecule has 4 heteroatoms. The van der Waals surface area contributed by atoms with Crippen LogP contribution in [-0.2, 0) is 14.9 Å². The molecule has 0 N–H and O–H groups in total. The van der Waals surface area contributed by atoms with Crippen molar-refractivity contribution in [1.29, 1.82) is 0 Å². The van der Waals surface area contributed by atoms with Crippen molar-refractivity contribution in [2.75, 3.05) is 27.2 Å².